The minimum absolute atomic E-state index is 0.0149. The molecule has 2 N–H and O–H groups in total. The highest BCUT2D eigenvalue weighted by Crippen LogP contribution is 2.31. The fourth-order valence-electron chi connectivity index (χ4n) is 4.10. The van der Waals surface area contributed by atoms with Crippen molar-refractivity contribution in [3.8, 4) is 0 Å². The highest BCUT2D eigenvalue weighted by atomic mass is 19.1. The van der Waals surface area contributed by atoms with Crippen LogP contribution in [0.4, 0.5) is 10.1 Å². The lowest BCUT2D eigenvalue weighted by Gasteiger charge is -2.32. The van der Waals surface area contributed by atoms with Crippen LogP contribution < -0.4 is 10.6 Å². The van der Waals surface area contributed by atoms with Gasteiger partial charge in [-0.25, -0.2) is 4.39 Å². The summed E-state index contributed by atoms with van der Waals surface area (Å²) >= 11 is 0. The molecule has 30 heavy (non-hydrogen) atoms. The first-order chi connectivity index (χ1) is 14.4. The molecule has 1 aromatic heterocycles. The molecule has 1 atom stereocenters. The fourth-order valence-corrected chi connectivity index (χ4v) is 4.10. The molecule has 2 aromatic rings. The van der Waals surface area contributed by atoms with Crippen LogP contribution in [0.25, 0.3) is 0 Å². The number of halogens is 1. The van der Waals surface area contributed by atoms with Gasteiger partial charge in [-0.15, -0.1) is 0 Å². The van der Waals surface area contributed by atoms with Crippen molar-refractivity contribution in [2.24, 2.45) is 11.8 Å². The first-order valence-electron chi connectivity index (χ1n) is 10.8. The lowest BCUT2D eigenvalue weighted by molar-refractivity contribution is -0.119. The normalized spacial score (nSPS) is 19.9. The summed E-state index contributed by atoms with van der Waals surface area (Å²) in [7, 11) is 0. The van der Waals surface area contributed by atoms with Crippen LogP contribution in [0.3, 0.4) is 0 Å². The van der Waals surface area contributed by atoms with Crippen molar-refractivity contribution in [3.05, 3.63) is 47.5 Å². The van der Waals surface area contributed by atoms with Gasteiger partial charge in [0, 0.05) is 12.7 Å². The van der Waals surface area contributed by atoms with Crippen LogP contribution in [0.15, 0.2) is 30.5 Å². The third-order valence-corrected chi connectivity index (χ3v) is 6.05. The number of rotatable bonds is 7. The molecule has 0 aliphatic heterocycles. The third kappa shape index (κ3) is 5.07. The Labute approximate surface area is 177 Å². The van der Waals surface area contributed by atoms with Crippen LogP contribution in [0.1, 0.15) is 62.5 Å². The van der Waals surface area contributed by atoms with E-state index in [-0.39, 0.29) is 23.4 Å². The van der Waals surface area contributed by atoms with Crippen molar-refractivity contribution in [2.45, 2.75) is 65.5 Å². The molecule has 1 aliphatic rings. The van der Waals surface area contributed by atoms with Crippen molar-refractivity contribution in [1.82, 2.24) is 15.1 Å². The summed E-state index contributed by atoms with van der Waals surface area (Å²) in [6, 6.07) is 5.73. The average molecular weight is 415 g/mol. The Morgan fingerprint density at radius 2 is 1.93 bits per heavy atom. The Balaban J connectivity index is 1.80. The minimum Gasteiger partial charge on any atom is -0.339 e. The zero-order valence-electron chi connectivity index (χ0n) is 18.0. The molecular weight excluding hydrogens is 383 g/mol. The molecule has 0 saturated heterocycles. The number of hydrogen-bond donors (Lipinski definition) is 2. The van der Waals surface area contributed by atoms with E-state index in [9.17, 15) is 14.0 Å². The number of nitrogens with zero attached hydrogens (tertiary/aromatic N) is 2. The minimum atomic E-state index is -0.726. The monoisotopic (exact) mass is 414 g/mol. The average Bonchev–Trinajstić information content (AvgIpc) is 3.23. The summed E-state index contributed by atoms with van der Waals surface area (Å²) in [6.07, 6.45) is 6.01. The van der Waals surface area contributed by atoms with Gasteiger partial charge >= 0.3 is 0 Å². The summed E-state index contributed by atoms with van der Waals surface area (Å²) in [5.74, 6) is -0.556. The molecule has 0 bridgehead atoms. The van der Waals surface area contributed by atoms with Gasteiger partial charge in [0.25, 0.3) is 5.91 Å². The Morgan fingerprint density at radius 1 is 1.20 bits per heavy atom. The van der Waals surface area contributed by atoms with Crippen LogP contribution >= 0.6 is 0 Å². The van der Waals surface area contributed by atoms with E-state index < -0.39 is 11.9 Å². The van der Waals surface area contributed by atoms with E-state index in [2.05, 4.69) is 22.7 Å². The van der Waals surface area contributed by atoms with Gasteiger partial charge in [0.15, 0.2) is 0 Å². The molecule has 1 fully saturated rings. The molecule has 1 heterocycles. The maximum absolute atomic E-state index is 14.4. The summed E-state index contributed by atoms with van der Waals surface area (Å²) in [4.78, 5) is 26.0. The van der Waals surface area contributed by atoms with Gasteiger partial charge in [0.05, 0.1) is 5.69 Å². The predicted molar refractivity (Wildman–Crippen MR) is 115 cm³/mol. The molecule has 1 saturated carbocycles. The van der Waals surface area contributed by atoms with Gasteiger partial charge in [-0.1, -0.05) is 32.8 Å². The van der Waals surface area contributed by atoms with E-state index in [1.165, 1.54) is 6.07 Å². The first kappa shape index (κ1) is 22.0. The molecule has 6 nitrogen and oxygen atoms in total. The summed E-state index contributed by atoms with van der Waals surface area (Å²) in [5.41, 5.74) is 1.42. The van der Waals surface area contributed by atoms with E-state index in [1.807, 2.05) is 13.8 Å². The molecule has 2 amide bonds. The van der Waals surface area contributed by atoms with Gasteiger partial charge in [-0.2, -0.15) is 5.10 Å². The Morgan fingerprint density at radius 3 is 2.57 bits per heavy atom. The summed E-state index contributed by atoms with van der Waals surface area (Å²) < 4.78 is 16.0. The van der Waals surface area contributed by atoms with Crippen molar-refractivity contribution in [2.75, 3.05) is 5.32 Å². The zero-order chi connectivity index (χ0) is 21.7. The molecule has 3 rings (SSSR count). The predicted octanol–water partition coefficient (Wildman–Crippen LogP) is 4.17. The number of aryl methyl sites for hydroxylation is 2. The summed E-state index contributed by atoms with van der Waals surface area (Å²) in [6.45, 7) is 6.61. The largest absolute Gasteiger partial charge is 0.339 e. The molecule has 162 valence electrons. The number of amides is 2. The van der Waals surface area contributed by atoms with E-state index in [0.717, 1.165) is 37.7 Å². The van der Waals surface area contributed by atoms with Gasteiger partial charge in [-0.3, -0.25) is 14.3 Å². The standard InChI is InChI=1S/C23H31FN4O2/c1-4-16-8-11-19(18(24)14-16)26-23(30)21(17-9-6-15(3)7-10-17)27-22(29)20-12-13-25-28(20)5-2/h8,11-15,17,21H,4-7,9-10H2,1-3H3,(H,26,30)(H,27,29)/t15?,17?,21-/m0/s1. The number of aromatic nitrogens is 2. The molecule has 0 spiro atoms. The lowest BCUT2D eigenvalue weighted by atomic mass is 9.79. The van der Waals surface area contributed by atoms with E-state index in [1.54, 1.807) is 29.1 Å². The van der Waals surface area contributed by atoms with E-state index in [4.69, 9.17) is 0 Å². The smallest absolute Gasteiger partial charge is 0.270 e. The number of nitrogens with one attached hydrogen (secondary N) is 2. The fraction of sp³-hybridized carbons (Fsp3) is 0.522. The second kappa shape index (κ2) is 9.87. The molecule has 1 aromatic carbocycles. The van der Waals surface area contributed by atoms with E-state index in [0.29, 0.717) is 18.2 Å². The maximum Gasteiger partial charge on any atom is 0.270 e. The molecule has 7 heteroatoms. The SMILES string of the molecule is CCc1ccc(NC(=O)[C@@H](NC(=O)c2ccnn2CC)C2CCC(C)CC2)c(F)c1. The van der Waals surface area contributed by atoms with Crippen molar-refractivity contribution in [3.63, 3.8) is 0 Å². The number of carbonyl (C=O) groups excluding carboxylic acids is 2. The number of benzene rings is 1. The number of anilines is 1. The Kier molecular flexibility index (Phi) is 7.24. The van der Waals surface area contributed by atoms with Crippen LogP contribution in [-0.4, -0.2) is 27.6 Å². The molecular formula is C23H31FN4O2. The Hall–Kier alpha value is -2.70. The topological polar surface area (TPSA) is 76.0 Å². The van der Waals surface area contributed by atoms with Crippen LogP contribution in [0.5, 0.6) is 0 Å². The number of carbonyl (C=O) groups is 2. The van der Waals surface area contributed by atoms with Gasteiger partial charge in [0.1, 0.15) is 17.6 Å². The second-order valence-corrected chi connectivity index (χ2v) is 8.16. The third-order valence-electron chi connectivity index (χ3n) is 6.05. The Bertz CT molecular complexity index is 887. The quantitative estimate of drug-likeness (QED) is 0.714. The van der Waals surface area contributed by atoms with Crippen LogP contribution in [-0.2, 0) is 17.8 Å². The van der Waals surface area contributed by atoms with Crippen molar-refractivity contribution in [1.29, 1.82) is 0 Å². The number of hydrogen-bond acceptors (Lipinski definition) is 3. The summed E-state index contributed by atoms with van der Waals surface area (Å²) in [5, 5.41) is 9.74. The maximum atomic E-state index is 14.4. The zero-order valence-corrected chi connectivity index (χ0v) is 18.0. The van der Waals surface area contributed by atoms with E-state index >= 15 is 0 Å². The molecule has 0 radical (unpaired) electrons. The van der Waals surface area contributed by atoms with Crippen LogP contribution in [0.2, 0.25) is 0 Å². The van der Waals surface area contributed by atoms with Gasteiger partial charge in [-0.05, 0) is 61.8 Å². The molecule has 1 aliphatic carbocycles. The highest BCUT2D eigenvalue weighted by Gasteiger charge is 2.33. The molecule has 0 unspecified atom stereocenters. The highest BCUT2D eigenvalue weighted by molar-refractivity contribution is 6.00. The van der Waals surface area contributed by atoms with Gasteiger partial charge < -0.3 is 10.6 Å². The lowest BCUT2D eigenvalue weighted by Crippen LogP contribution is -2.49. The van der Waals surface area contributed by atoms with Crippen LogP contribution in [0, 0.1) is 17.7 Å². The van der Waals surface area contributed by atoms with Crippen molar-refractivity contribution >= 4 is 17.5 Å². The van der Waals surface area contributed by atoms with Crippen molar-refractivity contribution < 1.29 is 14.0 Å². The first-order valence-corrected chi connectivity index (χ1v) is 10.8. The van der Waals surface area contributed by atoms with Gasteiger partial charge in [0.2, 0.25) is 5.91 Å². The second-order valence-electron chi connectivity index (χ2n) is 8.16.